The van der Waals surface area contributed by atoms with Gasteiger partial charge in [0.05, 0.1) is 26.0 Å². The minimum atomic E-state index is -1.21. The molecule has 67 heavy (non-hydrogen) atoms. The van der Waals surface area contributed by atoms with Crippen molar-refractivity contribution in [1.29, 1.82) is 0 Å². The van der Waals surface area contributed by atoms with Gasteiger partial charge in [-0.1, -0.05) is 46.8 Å². The van der Waals surface area contributed by atoms with Gasteiger partial charge in [0, 0.05) is 67.9 Å². The fourth-order valence-electron chi connectivity index (χ4n) is 9.61. The van der Waals surface area contributed by atoms with Crippen LogP contribution in [0.4, 0.5) is 0 Å². The number of aromatic nitrogens is 2. The van der Waals surface area contributed by atoms with Crippen LogP contribution in [0, 0.1) is 11.3 Å². The van der Waals surface area contributed by atoms with Crippen LogP contribution < -0.4 is 16.1 Å². The van der Waals surface area contributed by atoms with Crippen LogP contribution in [0.5, 0.6) is 5.75 Å². The Labute approximate surface area is 391 Å². The largest absolute Gasteiger partial charge is 0.508 e. The number of ether oxygens (including phenoxy) is 2. The molecular formula is C50H64N8O9. The van der Waals surface area contributed by atoms with Gasteiger partial charge in [0.2, 0.25) is 17.7 Å². The molecule has 4 amide bonds. The molecule has 2 aromatic carbocycles. The van der Waals surface area contributed by atoms with Crippen molar-refractivity contribution in [1.82, 2.24) is 40.4 Å². The molecule has 4 N–H and O–H groups in total. The van der Waals surface area contributed by atoms with E-state index in [-0.39, 0.29) is 31.9 Å². The van der Waals surface area contributed by atoms with Crippen molar-refractivity contribution in [3.63, 3.8) is 0 Å². The number of amides is 4. The molecule has 4 aromatic rings. The van der Waals surface area contributed by atoms with Gasteiger partial charge in [-0.3, -0.25) is 44.1 Å². The Morgan fingerprint density at radius 2 is 1.81 bits per heavy atom. The molecule has 7 rings (SSSR count). The second kappa shape index (κ2) is 19.9. The van der Waals surface area contributed by atoms with Crippen LogP contribution in [0.2, 0.25) is 0 Å². The number of fused-ring (bicyclic) bond motifs is 6. The first-order valence-electron chi connectivity index (χ1n) is 23.2. The quantitative estimate of drug-likeness (QED) is 0.125. The zero-order chi connectivity index (χ0) is 48.5. The number of likely N-dealkylation sites (N-methyl/N-ethyl adjacent to an activating group) is 2. The predicted octanol–water partition coefficient (Wildman–Crippen LogP) is 3.76. The number of methoxy groups -OCH3 is 1. The van der Waals surface area contributed by atoms with Crippen LogP contribution in [-0.4, -0.2) is 136 Å². The Hall–Kier alpha value is -6.33. The molecule has 5 heterocycles. The SMILES string of the molecule is CCc1ccncc1-c1c2c3cc(ccc3n1CC)-c1cc(O)cc(c1)C[C@H](NC(=O)[C@H](C(C)C)N(C)C(=O)CN(C)C(=O)[C@H]1N[C@@H]1C(=O)OC)C(=O)N1CCC[C@H](N1)C(=O)OCC(C)(C)C2. The van der Waals surface area contributed by atoms with Gasteiger partial charge < -0.3 is 34.3 Å². The normalized spacial score (nSPS) is 21.0. The fourth-order valence-corrected chi connectivity index (χ4v) is 9.61. The monoisotopic (exact) mass is 920 g/mol. The molecule has 358 valence electrons. The molecule has 5 atom stereocenters. The van der Waals surface area contributed by atoms with Crippen molar-refractivity contribution < 1.29 is 43.3 Å². The predicted molar refractivity (Wildman–Crippen MR) is 251 cm³/mol. The van der Waals surface area contributed by atoms with E-state index < -0.39 is 77.1 Å². The molecule has 0 aliphatic carbocycles. The molecule has 17 heteroatoms. The molecule has 3 aliphatic rings. The highest BCUT2D eigenvalue weighted by atomic mass is 16.5. The second-order valence-corrected chi connectivity index (χ2v) is 19.1. The molecule has 17 nitrogen and oxygen atoms in total. The highest BCUT2D eigenvalue weighted by Crippen LogP contribution is 2.41. The third-order valence-electron chi connectivity index (χ3n) is 13.2. The third-order valence-corrected chi connectivity index (χ3v) is 13.2. The minimum absolute atomic E-state index is 0.0297. The number of benzene rings is 2. The fraction of sp³-hybridized carbons (Fsp3) is 0.500. The Morgan fingerprint density at radius 1 is 1.04 bits per heavy atom. The van der Waals surface area contributed by atoms with Crippen molar-refractivity contribution in [2.45, 2.75) is 110 Å². The van der Waals surface area contributed by atoms with Gasteiger partial charge in [0.25, 0.3) is 5.91 Å². The number of rotatable bonds is 11. The summed E-state index contributed by atoms with van der Waals surface area (Å²) in [6, 6.07) is 8.70. The van der Waals surface area contributed by atoms with Gasteiger partial charge in [-0.15, -0.1) is 0 Å². The number of esters is 2. The lowest BCUT2D eigenvalue weighted by atomic mass is 9.84. The van der Waals surface area contributed by atoms with Gasteiger partial charge in [0.15, 0.2) is 0 Å². The minimum Gasteiger partial charge on any atom is -0.508 e. The van der Waals surface area contributed by atoms with Gasteiger partial charge in [-0.05, 0) is 96.7 Å². The topological polar surface area (TPSA) is 215 Å². The van der Waals surface area contributed by atoms with Gasteiger partial charge in [-0.25, -0.2) is 5.43 Å². The molecule has 0 spiro atoms. The highest BCUT2D eigenvalue weighted by Gasteiger charge is 2.50. The summed E-state index contributed by atoms with van der Waals surface area (Å²) in [4.78, 5) is 88.7. The van der Waals surface area contributed by atoms with Crippen molar-refractivity contribution in [2.75, 3.05) is 40.9 Å². The van der Waals surface area contributed by atoms with E-state index in [4.69, 9.17) is 9.47 Å². The van der Waals surface area contributed by atoms with E-state index in [2.05, 4.69) is 71.5 Å². The van der Waals surface area contributed by atoms with Crippen LogP contribution >= 0.6 is 0 Å². The molecule has 6 bridgehead atoms. The molecular weight excluding hydrogens is 857 g/mol. The number of nitrogens with one attached hydrogen (secondary N) is 3. The van der Waals surface area contributed by atoms with Crippen molar-refractivity contribution in [3.05, 3.63) is 71.5 Å². The Kier molecular flexibility index (Phi) is 14.4. The number of phenols is 1. The van der Waals surface area contributed by atoms with Crippen molar-refractivity contribution in [3.8, 4) is 28.1 Å². The zero-order valence-electron chi connectivity index (χ0n) is 40.0. The summed E-state index contributed by atoms with van der Waals surface area (Å²) in [7, 11) is 4.13. The molecule has 0 radical (unpaired) electrons. The molecule has 3 aliphatic heterocycles. The number of carbonyl (C=O) groups excluding carboxylic acids is 6. The summed E-state index contributed by atoms with van der Waals surface area (Å²) >= 11 is 0. The molecule has 2 aromatic heterocycles. The lowest BCUT2D eigenvalue weighted by Gasteiger charge is -2.37. The van der Waals surface area contributed by atoms with Crippen LogP contribution in [0.15, 0.2) is 54.9 Å². The molecule has 0 unspecified atom stereocenters. The average Bonchev–Trinajstić information content (AvgIpc) is 4.05. The summed E-state index contributed by atoms with van der Waals surface area (Å²) in [6.45, 7) is 12.6. The summed E-state index contributed by atoms with van der Waals surface area (Å²) in [6.07, 6.45) is 5.97. The molecule has 2 saturated heterocycles. The lowest BCUT2D eigenvalue weighted by molar-refractivity contribution is -0.155. The maximum absolute atomic E-state index is 14.7. The molecule has 0 saturated carbocycles. The third kappa shape index (κ3) is 10.3. The number of aryl methyl sites for hydroxylation is 2. The van der Waals surface area contributed by atoms with E-state index in [0.29, 0.717) is 36.9 Å². The number of hydrogen-bond acceptors (Lipinski definition) is 12. The Balaban J connectivity index is 1.25. The number of pyridine rings is 1. The number of carbonyl (C=O) groups is 6. The lowest BCUT2D eigenvalue weighted by Crippen LogP contribution is -2.62. The smallest absolute Gasteiger partial charge is 0.325 e. The van der Waals surface area contributed by atoms with Crippen molar-refractivity contribution in [2.24, 2.45) is 11.3 Å². The van der Waals surface area contributed by atoms with Gasteiger partial charge >= 0.3 is 11.9 Å². The number of nitrogens with zero attached hydrogens (tertiary/aromatic N) is 5. The van der Waals surface area contributed by atoms with Gasteiger partial charge in [-0.2, -0.15) is 0 Å². The summed E-state index contributed by atoms with van der Waals surface area (Å²) in [5.74, 6) is -3.68. The van der Waals surface area contributed by atoms with E-state index in [1.807, 2.05) is 24.5 Å². The van der Waals surface area contributed by atoms with Crippen LogP contribution in [0.3, 0.4) is 0 Å². The summed E-state index contributed by atoms with van der Waals surface area (Å²) in [5.41, 5.74) is 10.0. The first-order chi connectivity index (χ1) is 31.9. The van der Waals surface area contributed by atoms with Gasteiger partial charge in [0.1, 0.15) is 36.0 Å². The number of phenolic OH excluding ortho intramolecular Hbond substituents is 1. The number of aromatic hydroxyl groups is 1. The first-order valence-corrected chi connectivity index (χ1v) is 23.2. The zero-order valence-corrected chi connectivity index (χ0v) is 40.0. The first kappa shape index (κ1) is 48.6. The van der Waals surface area contributed by atoms with Crippen LogP contribution in [0.25, 0.3) is 33.3 Å². The average molecular weight is 921 g/mol. The second-order valence-electron chi connectivity index (χ2n) is 19.1. The maximum Gasteiger partial charge on any atom is 0.325 e. The number of hydrogen-bond donors (Lipinski definition) is 4. The van der Waals surface area contributed by atoms with E-state index in [1.165, 1.54) is 36.0 Å². The van der Waals surface area contributed by atoms with Crippen LogP contribution in [0.1, 0.15) is 71.1 Å². The van der Waals surface area contributed by atoms with E-state index in [1.54, 1.807) is 26.0 Å². The van der Waals surface area contributed by atoms with Crippen LogP contribution in [-0.2, 0) is 64.0 Å². The number of cyclic esters (lactones) is 1. The maximum atomic E-state index is 14.7. The number of hydrazine groups is 1. The highest BCUT2D eigenvalue weighted by molar-refractivity contribution is 5.98. The Bertz CT molecular complexity index is 2570. The van der Waals surface area contributed by atoms with E-state index in [9.17, 15) is 33.9 Å². The van der Waals surface area contributed by atoms with Crippen molar-refractivity contribution >= 4 is 46.5 Å². The van der Waals surface area contributed by atoms with E-state index >= 15 is 0 Å². The molecule has 2 fully saturated rings. The van der Waals surface area contributed by atoms with E-state index in [0.717, 1.165) is 45.3 Å². The Morgan fingerprint density at radius 3 is 2.51 bits per heavy atom. The summed E-state index contributed by atoms with van der Waals surface area (Å²) in [5, 5.41) is 19.4. The standard InChI is InChI=1S/C50H64N8O9/c1-10-30-16-17-51-25-36(30)44-35-24-50(5,6)27-67-48(64)37-13-12-18-58(54-37)46(62)38(21-29-19-32(22-33(59)20-29)31-14-15-39(34(35)23-31)57(44)11-2)52-45(61)43(28(3)4)56(8)40(60)26-55(7)47(63)41-42(53-41)49(65)66-9/h14-17,19-20,22-23,25,28,37-38,41-43,53-54,59H,10-13,18,21,24,26-27H2,1-9H3,(H,52,61)/t37-,38-,41-,42-,43-/m0/s1. The summed E-state index contributed by atoms with van der Waals surface area (Å²) < 4.78 is 13.1.